The van der Waals surface area contributed by atoms with Gasteiger partial charge in [0.15, 0.2) is 4.91 Å². The summed E-state index contributed by atoms with van der Waals surface area (Å²) in [5.41, 5.74) is 0.482. The highest BCUT2D eigenvalue weighted by molar-refractivity contribution is 7.96. The number of anilines is 1. The minimum Gasteiger partial charge on any atom is -0.359 e. The maximum Gasteiger partial charge on any atom is 0.264 e. The van der Waals surface area contributed by atoms with Gasteiger partial charge in [-0.1, -0.05) is 12.1 Å². The largest absolute Gasteiger partial charge is 0.359 e. The highest BCUT2D eigenvalue weighted by atomic mass is 32.2. The molecule has 0 fully saturated rings. The molecule has 0 unspecified atom stereocenters. The summed E-state index contributed by atoms with van der Waals surface area (Å²) in [4.78, 5) is 11.2. The molecule has 0 aliphatic carbocycles. The number of hydrogen-bond acceptors (Lipinski definition) is 4. The number of carbonyl (C=O) groups excluding carboxylic acids is 1. The molecule has 0 spiro atoms. The first-order valence-corrected chi connectivity index (χ1v) is 6.08. The fraction of sp³-hybridized carbons (Fsp3) is 0.100. The van der Waals surface area contributed by atoms with Crippen molar-refractivity contribution in [1.82, 2.24) is 5.32 Å². The number of nitrogens with one attached hydrogen (secondary N) is 2. The maximum atomic E-state index is 12.0. The lowest BCUT2D eigenvalue weighted by molar-refractivity contribution is -0.116. The quantitative estimate of drug-likeness (QED) is 0.746. The summed E-state index contributed by atoms with van der Waals surface area (Å²) in [6, 6.07) is 6.45. The highest BCUT2D eigenvalue weighted by Gasteiger charge is 2.31. The zero-order chi connectivity index (χ0) is 11.8. The maximum absolute atomic E-state index is 12.0. The van der Waals surface area contributed by atoms with Gasteiger partial charge in [-0.2, -0.15) is 0 Å². The topological polar surface area (TPSA) is 75.3 Å². The van der Waals surface area contributed by atoms with Crippen LogP contribution in [0.25, 0.3) is 0 Å². The van der Waals surface area contributed by atoms with Gasteiger partial charge in [0.1, 0.15) is 0 Å². The molecule has 5 nitrogen and oxygen atoms in total. The van der Waals surface area contributed by atoms with Crippen LogP contribution in [0.3, 0.4) is 0 Å². The second-order valence-corrected chi connectivity index (χ2v) is 5.12. The van der Waals surface area contributed by atoms with Crippen LogP contribution in [0.5, 0.6) is 0 Å². The van der Waals surface area contributed by atoms with Gasteiger partial charge in [0.2, 0.25) is 9.84 Å². The molecule has 2 rings (SSSR count). The van der Waals surface area contributed by atoms with Gasteiger partial charge in [0.05, 0.1) is 10.6 Å². The summed E-state index contributed by atoms with van der Waals surface area (Å²) < 4.78 is 24.1. The Morgan fingerprint density at radius 2 is 2.00 bits per heavy atom. The molecule has 2 N–H and O–H groups in total. The average Bonchev–Trinajstić information content (AvgIpc) is 2.28. The van der Waals surface area contributed by atoms with E-state index in [2.05, 4.69) is 10.6 Å². The molecule has 0 saturated heterocycles. The van der Waals surface area contributed by atoms with Crippen molar-refractivity contribution < 1.29 is 13.2 Å². The zero-order valence-electron chi connectivity index (χ0n) is 8.52. The second-order valence-electron chi connectivity index (χ2n) is 3.23. The van der Waals surface area contributed by atoms with Crippen molar-refractivity contribution in [2.75, 3.05) is 12.4 Å². The molecule has 16 heavy (non-hydrogen) atoms. The van der Waals surface area contributed by atoms with Crippen LogP contribution in [-0.4, -0.2) is 21.4 Å². The first kappa shape index (κ1) is 10.7. The van der Waals surface area contributed by atoms with Gasteiger partial charge < -0.3 is 10.6 Å². The van der Waals surface area contributed by atoms with E-state index < -0.39 is 15.7 Å². The van der Waals surface area contributed by atoms with E-state index in [4.69, 9.17) is 0 Å². The highest BCUT2D eigenvalue weighted by Crippen LogP contribution is 2.30. The lowest BCUT2D eigenvalue weighted by atomic mass is 10.3. The van der Waals surface area contributed by atoms with Crippen molar-refractivity contribution in [2.24, 2.45) is 0 Å². The lowest BCUT2D eigenvalue weighted by Gasteiger charge is -2.17. The van der Waals surface area contributed by atoms with Gasteiger partial charge in [-0.25, -0.2) is 8.42 Å². The van der Waals surface area contributed by atoms with Crippen LogP contribution in [0.1, 0.15) is 0 Å². The minimum atomic E-state index is -3.71. The zero-order valence-corrected chi connectivity index (χ0v) is 9.34. The number of fused-ring (bicyclic) bond motifs is 1. The number of sulfone groups is 1. The van der Waals surface area contributed by atoms with Gasteiger partial charge in [0.25, 0.3) is 5.91 Å². The normalized spacial score (nSPS) is 16.7. The number of likely N-dealkylation sites (N-methyl/N-ethyl adjacent to an activating group) is 1. The molecule has 1 aromatic rings. The van der Waals surface area contributed by atoms with Gasteiger partial charge in [0, 0.05) is 13.2 Å². The molecule has 0 saturated carbocycles. The lowest BCUT2D eigenvalue weighted by Crippen LogP contribution is -2.28. The van der Waals surface area contributed by atoms with Crippen molar-refractivity contribution in [3.8, 4) is 0 Å². The molecule has 0 aromatic heterocycles. The van der Waals surface area contributed by atoms with Crippen molar-refractivity contribution in [2.45, 2.75) is 4.90 Å². The van der Waals surface area contributed by atoms with E-state index >= 15 is 0 Å². The Labute approximate surface area is 93.1 Å². The second kappa shape index (κ2) is 3.64. The third-order valence-electron chi connectivity index (χ3n) is 2.28. The van der Waals surface area contributed by atoms with Gasteiger partial charge in [-0.15, -0.1) is 0 Å². The Kier molecular flexibility index (Phi) is 2.43. The molecule has 0 bridgehead atoms. The Bertz CT molecular complexity index is 575. The first-order chi connectivity index (χ1) is 7.57. The number of carbonyl (C=O) groups is 1. The molecular weight excluding hydrogens is 228 g/mol. The van der Waals surface area contributed by atoms with Crippen molar-refractivity contribution in [3.05, 3.63) is 35.4 Å². The molecule has 1 aliphatic rings. The molecule has 1 heterocycles. The van der Waals surface area contributed by atoms with E-state index in [1.54, 1.807) is 18.2 Å². The van der Waals surface area contributed by atoms with Crippen molar-refractivity contribution >= 4 is 21.4 Å². The number of amides is 1. The van der Waals surface area contributed by atoms with Crippen molar-refractivity contribution in [1.29, 1.82) is 0 Å². The average molecular weight is 238 g/mol. The third-order valence-corrected chi connectivity index (χ3v) is 4.09. The predicted octanol–water partition coefficient (Wildman–Crippen LogP) is 0.473. The summed E-state index contributed by atoms with van der Waals surface area (Å²) in [6.45, 7) is 0. The fourth-order valence-corrected chi connectivity index (χ4v) is 2.94. The van der Waals surface area contributed by atoms with Crippen LogP contribution in [0, 0.1) is 0 Å². The molecule has 0 radical (unpaired) electrons. The summed E-state index contributed by atoms with van der Waals surface area (Å²) in [5, 5.41) is 5.08. The van der Waals surface area contributed by atoms with Crippen LogP contribution >= 0.6 is 0 Å². The Morgan fingerprint density at radius 3 is 2.69 bits per heavy atom. The van der Waals surface area contributed by atoms with Gasteiger partial charge in [-0.3, -0.25) is 4.79 Å². The van der Waals surface area contributed by atoms with Crippen LogP contribution in [-0.2, 0) is 14.6 Å². The van der Waals surface area contributed by atoms with E-state index in [1.807, 2.05) is 0 Å². The minimum absolute atomic E-state index is 0.121. The molecule has 0 atom stereocenters. The fourth-order valence-electron chi connectivity index (χ4n) is 1.47. The number of hydrogen-bond donors (Lipinski definition) is 2. The smallest absolute Gasteiger partial charge is 0.264 e. The number of para-hydroxylation sites is 1. The molecular formula is C10H10N2O3S. The van der Waals surface area contributed by atoms with E-state index in [1.165, 1.54) is 19.3 Å². The Hall–Kier alpha value is -1.82. The predicted molar refractivity (Wildman–Crippen MR) is 59.4 cm³/mol. The molecule has 1 amide bonds. The van der Waals surface area contributed by atoms with Crippen molar-refractivity contribution in [3.63, 3.8) is 0 Å². The standard InChI is InChI=1S/C10H10N2O3S/c1-11-10(13)9-6-12-7-4-2-3-5-8(7)16(9,14)15/h2-6,12H,1H3,(H,11,13). The molecule has 6 heteroatoms. The van der Waals surface area contributed by atoms with E-state index in [0.717, 1.165) is 0 Å². The van der Waals surface area contributed by atoms with Crippen LogP contribution in [0.15, 0.2) is 40.3 Å². The molecule has 1 aliphatic heterocycles. The monoisotopic (exact) mass is 238 g/mol. The summed E-state index contributed by atoms with van der Waals surface area (Å²) >= 11 is 0. The third kappa shape index (κ3) is 1.47. The SMILES string of the molecule is CNC(=O)C1=CNc2ccccc2S1(=O)=O. The van der Waals surface area contributed by atoms with Gasteiger partial charge >= 0.3 is 0 Å². The summed E-state index contributed by atoms with van der Waals surface area (Å²) in [7, 11) is -2.32. The molecule has 84 valence electrons. The summed E-state index contributed by atoms with van der Waals surface area (Å²) in [6.07, 6.45) is 1.20. The summed E-state index contributed by atoms with van der Waals surface area (Å²) in [5.74, 6) is -0.623. The Morgan fingerprint density at radius 1 is 1.31 bits per heavy atom. The molecule has 1 aromatic carbocycles. The van der Waals surface area contributed by atoms with Gasteiger partial charge in [-0.05, 0) is 12.1 Å². The van der Waals surface area contributed by atoms with E-state index in [-0.39, 0.29) is 9.80 Å². The van der Waals surface area contributed by atoms with E-state index in [9.17, 15) is 13.2 Å². The van der Waals surface area contributed by atoms with Crippen LogP contribution in [0.2, 0.25) is 0 Å². The first-order valence-electron chi connectivity index (χ1n) is 4.60. The number of benzene rings is 1. The number of rotatable bonds is 1. The van der Waals surface area contributed by atoms with Crippen LogP contribution in [0.4, 0.5) is 5.69 Å². The van der Waals surface area contributed by atoms with Crippen LogP contribution < -0.4 is 10.6 Å². The van der Waals surface area contributed by atoms with E-state index in [0.29, 0.717) is 5.69 Å². The Balaban J connectivity index is 2.60.